The molecule has 50 heavy (non-hydrogen) atoms. The SMILES string of the molecule is c1ccc(-c2nc(-c3cccc(-c4cccc(-c5cccc6c5sc5ccccc56)c4)c3)nc(-c3cccc4oc5ccccc5c34)n2)cc1. The van der Waals surface area contributed by atoms with Gasteiger partial charge in [-0.25, -0.2) is 15.0 Å². The molecular formula is C45H27N3OS. The molecule has 3 heterocycles. The van der Waals surface area contributed by atoms with E-state index >= 15 is 0 Å². The van der Waals surface area contributed by atoms with Crippen molar-refractivity contribution in [1.29, 1.82) is 0 Å². The summed E-state index contributed by atoms with van der Waals surface area (Å²) in [5, 5.41) is 4.64. The maximum atomic E-state index is 6.22. The lowest BCUT2D eigenvalue weighted by atomic mass is 9.97. The molecule has 0 atom stereocenters. The first-order valence-electron chi connectivity index (χ1n) is 16.6. The third kappa shape index (κ3) is 4.79. The van der Waals surface area contributed by atoms with E-state index in [2.05, 4.69) is 103 Å². The highest BCUT2D eigenvalue weighted by Crippen LogP contribution is 2.41. The van der Waals surface area contributed by atoms with Gasteiger partial charge in [-0.3, -0.25) is 0 Å². The molecule has 0 aliphatic heterocycles. The average Bonchev–Trinajstić information content (AvgIpc) is 3.77. The minimum Gasteiger partial charge on any atom is -0.456 e. The summed E-state index contributed by atoms with van der Waals surface area (Å²) in [6, 6.07) is 56.9. The third-order valence-electron chi connectivity index (χ3n) is 9.34. The topological polar surface area (TPSA) is 51.8 Å². The molecule has 0 spiro atoms. The standard InChI is InChI=1S/C45H27N3OS/c1-2-12-28(13-3-1)43-46-44(48-45(47-43)37-22-11-24-39-41(37)36-19-4-6-23-38(36)49-39)32-17-9-15-30(27-32)29-14-8-16-31(26-29)33-20-10-21-35-34-18-5-7-25-40(34)50-42(33)35/h1-27H. The summed E-state index contributed by atoms with van der Waals surface area (Å²) in [6.45, 7) is 0. The van der Waals surface area contributed by atoms with Crippen LogP contribution in [0.4, 0.5) is 0 Å². The van der Waals surface area contributed by atoms with Crippen molar-refractivity contribution in [3.8, 4) is 56.4 Å². The number of thiophene rings is 1. The third-order valence-corrected chi connectivity index (χ3v) is 10.6. The van der Waals surface area contributed by atoms with Gasteiger partial charge in [-0.15, -0.1) is 11.3 Å². The van der Waals surface area contributed by atoms with Crippen molar-refractivity contribution in [2.75, 3.05) is 0 Å². The second kappa shape index (κ2) is 11.6. The zero-order valence-corrected chi connectivity index (χ0v) is 27.6. The highest BCUT2D eigenvalue weighted by Gasteiger charge is 2.18. The van der Waals surface area contributed by atoms with E-state index in [9.17, 15) is 0 Å². The summed E-state index contributed by atoms with van der Waals surface area (Å²) >= 11 is 1.86. The summed E-state index contributed by atoms with van der Waals surface area (Å²) in [5.41, 5.74) is 9.08. The fourth-order valence-corrected chi connectivity index (χ4v) is 8.22. The molecule has 10 aromatic rings. The molecule has 0 saturated heterocycles. The molecule has 234 valence electrons. The van der Waals surface area contributed by atoms with E-state index in [-0.39, 0.29) is 0 Å². The van der Waals surface area contributed by atoms with Crippen LogP contribution >= 0.6 is 11.3 Å². The quantitative estimate of drug-likeness (QED) is 0.185. The van der Waals surface area contributed by atoms with Crippen molar-refractivity contribution >= 4 is 53.4 Å². The van der Waals surface area contributed by atoms with Gasteiger partial charge in [-0.05, 0) is 52.6 Å². The Balaban J connectivity index is 1.11. The number of fused-ring (bicyclic) bond motifs is 6. The Bertz CT molecular complexity index is 2890. The molecule has 0 N–H and O–H groups in total. The van der Waals surface area contributed by atoms with Crippen LogP contribution in [0.5, 0.6) is 0 Å². The average molecular weight is 658 g/mol. The lowest BCUT2D eigenvalue weighted by molar-refractivity contribution is 0.669. The highest BCUT2D eigenvalue weighted by molar-refractivity contribution is 7.26. The van der Waals surface area contributed by atoms with Crippen LogP contribution in [0.1, 0.15) is 0 Å². The van der Waals surface area contributed by atoms with Crippen LogP contribution in [-0.2, 0) is 0 Å². The number of aromatic nitrogens is 3. The predicted molar refractivity (Wildman–Crippen MR) is 207 cm³/mol. The van der Waals surface area contributed by atoms with E-state index in [1.165, 1.54) is 31.3 Å². The predicted octanol–water partition coefficient (Wildman–Crippen LogP) is 12.5. The van der Waals surface area contributed by atoms with E-state index in [0.717, 1.165) is 49.8 Å². The lowest BCUT2D eigenvalue weighted by Crippen LogP contribution is -2.00. The maximum Gasteiger partial charge on any atom is 0.164 e. The monoisotopic (exact) mass is 657 g/mol. The zero-order chi connectivity index (χ0) is 33.0. The van der Waals surface area contributed by atoms with Gasteiger partial charge in [0.15, 0.2) is 17.5 Å². The van der Waals surface area contributed by atoms with E-state index in [1.807, 2.05) is 72.0 Å². The molecule has 0 unspecified atom stereocenters. The summed E-state index contributed by atoms with van der Waals surface area (Å²) in [5.74, 6) is 1.85. The molecule has 0 aliphatic rings. The van der Waals surface area contributed by atoms with E-state index in [4.69, 9.17) is 19.4 Å². The number of hydrogen-bond donors (Lipinski definition) is 0. The maximum absolute atomic E-state index is 6.22. The summed E-state index contributed by atoms with van der Waals surface area (Å²) < 4.78 is 8.84. The van der Waals surface area contributed by atoms with E-state index in [0.29, 0.717) is 17.5 Å². The minimum absolute atomic E-state index is 0.606. The van der Waals surface area contributed by atoms with Crippen molar-refractivity contribution in [2.24, 2.45) is 0 Å². The number of benzene rings is 7. The highest BCUT2D eigenvalue weighted by atomic mass is 32.1. The largest absolute Gasteiger partial charge is 0.456 e. The van der Waals surface area contributed by atoms with Gasteiger partial charge in [0.2, 0.25) is 0 Å². The Morgan fingerprint density at radius 3 is 1.80 bits per heavy atom. The smallest absolute Gasteiger partial charge is 0.164 e. The Hall–Kier alpha value is -6.43. The molecule has 0 fully saturated rings. The first-order chi connectivity index (χ1) is 24.8. The Kier molecular flexibility index (Phi) is 6.64. The summed E-state index contributed by atoms with van der Waals surface area (Å²) in [4.78, 5) is 15.2. The molecule has 5 heteroatoms. The Morgan fingerprint density at radius 1 is 0.380 bits per heavy atom. The van der Waals surface area contributed by atoms with Crippen molar-refractivity contribution in [3.63, 3.8) is 0 Å². The fourth-order valence-electron chi connectivity index (χ4n) is 6.98. The van der Waals surface area contributed by atoms with Crippen LogP contribution < -0.4 is 0 Å². The van der Waals surface area contributed by atoms with Gasteiger partial charge >= 0.3 is 0 Å². The van der Waals surface area contributed by atoms with Gasteiger partial charge in [0.25, 0.3) is 0 Å². The van der Waals surface area contributed by atoms with Crippen LogP contribution in [0, 0.1) is 0 Å². The molecular weight excluding hydrogens is 631 g/mol. The van der Waals surface area contributed by atoms with E-state index < -0.39 is 0 Å². The summed E-state index contributed by atoms with van der Waals surface area (Å²) in [7, 11) is 0. The van der Waals surface area contributed by atoms with Gasteiger partial charge in [-0.2, -0.15) is 0 Å². The second-order valence-electron chi connectivity index (χ2n) is 12.4. The van der Waals surface area contributed by atoms with Crippen LogP contribution in [0.3, 0.4) is 0 Å². The zero-order valence-electron chi connectivity index (χ0n) is 26.7. The van der Waals surface area contributed by atoms with E-state index in [1.54, 1.807) is 0 Å². The molecule has 3 aromatic heterocycles. The number of rotatable bonds is 5. The number of furan rings is 1. The number of hydrogen-bond acceptors (Lipinski definition) is 5. The molecule has 7 aromatic carbocycles. The molecule has 10 rings (SSSR count). The molecule has 0 aliphatic carbocycles. The van der Waals surface area contributed by atoms with Crippen LogP contribution in [0.25, 0.3) is 98.5 Å². The molecule has 0 amide bonds. The van der Waals surface area contributed by atoms with Gasteiger partial charge in [0, 0.05) is 47.6 Å². The van der Waals surface area contributed by atoms with Crippen LogP contribution in [0.2, 0.25) is 0 Å². The van der Waals surface area contributed by atoms with Crippen LogP contribution in [0.15, 0.2) is 168 Å². The van der Waals surface area contributed by atoms with Gasteiger partial charge in [0.05, 0.1) is 0 Å². The second-order valence-corrected chi connectivity index (χ2v) is 13.4. The van der Waals surface area contributed by atoms with Gasteiger partial charge < -0.3 is 4.42 Å². The van der Waals surface area contributed by atoms with Gasteiger partial charge in [-0.1, -0.05) is 133 Å². The molecule has 0 radical (unpaired) electrons. The van der Waals surface area contributed by atoms with Gasteiger partial charge in [0.1, 0.15) is 11.2 Å². The van der Waals surface area contributed by atoms with Crippen molar-refractivity contribution in [3.05, 3.63) is 164 Å². The molecule has 0 saturated carbocycles. The minimum atomic E-state index is 0.606. The number of para-hydroxylation sites is 1. The Morgan fingerprint density at radius 2 is 0.940 bits per heavy atom. The van der Waals surface area contributed by atoms with Crippen LogP contribution in [-0.4, -0.2) is 15.0 Å². The fraction of sp³-hybridized carbons (Fsp3) is 0. The first-order valence-corrected chi connectivity index (χ1v) is 17.4. The summed E-state index contributed by atoms with van der Waals surface area (Å²) in [6.07, 6.45) is 0. The Labute approximate surface area is 292 Å². The lowest BCUT2D eigenvalue weighted by Gasteiger charge is -2.11. The van der Waals surface area contributed by atoms with Crippen molar-refractivity contribution in [2.45, 2.75) is 0 Å². The number of nitrogens with zero attached hydrogens (tertiary/aromatic N) is 3. The molecule has 0 bridgehead atoms. The van der Waals surface area contributed by atoms with Crippen molar-refractivity contribution < 1.29 is 4.42 Å². The molecule has 4 nitrogen and oxygen atoms in total. The normalized spacial score (nSPS) is 11.6. The van der Waals surface area contributed by atoms with Crippen molar-refractivity contribution in [1.82, 2.24) is 15.0 Å². The first kappa shape index (κ1) is 28.6.